The largest absolute Gasteiger partial charge is 0.481 e. The highest BCUT2D eigenvalue weighted by atomic mass is 16.4. The van der Waals surface area contributed by atoms with Crippen LogP contribution in [0.5, 0.6) is 0 Å². The average Bonchev–Trinajstić information content (AvgIpc) is 2.54. The minimum Gasteiger partial charge on any atom is -0.481 e. The van der Waals surface area contributed by atoms with Gasteiger partial charge in [-0.15, -0.1) is 0 Å². The van der Waals surface area contributed by atoms with Gasteiger partial charge in [0.2, 0.25) is 0 Å². The van der Waals surface area contributed by atoms with Crippen LogP contribution in [-0.2, 0) is 4.79 Å². The molecule has 4 nitrogen and oxygen atoms in total. The van der Waals surface area contributed by atoms with Gasteiger partial charge in [0.05, 0.1) is 11.3 Å². The fraction of sp³-hybridized carbons (Fsp3) is 0.158. The molecule has 0 saturated heterocycles. The van der Waals surface area contributed by atoms with Crippen molar-refractivity contribution >= 4 is 16.9 Å². The normalized spacial score (nSPS) is 12.3. The fourth-order valence-electron chi connectivity index (χ4n) is 2.52. The summed E-state index contributed by atoms with van der Waals surface area (Å²) in [4.78, 5) is 23.4. The van der Waals surface area contributed by atoms with Crippen LogP contribution in [-0.4, -0.2) is 11.1 Å². The maximum absolute atomic E-state index is 12.3. The molecular formula is C19H16O4. The fourth-order valence-corrected chi connectivity index (χ4v) is 2.52. The summed E-state index contributed by atoms with van der Waals surface area (Å²) in [5.74, 6) is -1.08. The number of benzene rings is 2. The van der Waals surface area contributed by atoms with E-state index in [0.717, 1.165) is 5.56 Å². The Morgan fingerprint density at radius 3 is 2.65 bits per heavy atom. The molecule has 2 aromatic carbocycles. The second-order valence-corrected chi connectivity index (χ2v) is 5.66. The summed E-state index contributed by atoms with van der Waals surface area (Å²) in [6.45, 7) is 3.55. The molecule has 116 valence electrons. The Labute approximate surface area is 133 Å². The third-order valence-corrected chi connectivity index (χ3v) is 3.92. The van der Waals surface area contributed by atoms with Crippen LogP contribution < -0.4 is 5.43 Å². The van der Waals surface area contributed by atoms with Crippen LogP contribution in [0.4, 0.5) is 0 Å². The molecule has 0 saturated carbocycles. The second kappa shape index (κ2) is 5.72. The SMILES string of the molecule is Cc1ccc2oc(-c3cccc(C(C)C(=O)O)c3)cc(=O)c2c1. The van der Waals surface area contributed by atoms with Gasteiger partial charge in [0.1, 0.15) is 11.3 Å². The van der Waals surface area contributed by atoms with E-state index in [1.165, 1.54) is 6.07 Å². The van der Waals surface area contributed by atoms with Crippen molar-refractivity contribution < 1.29 is 14.3 Å². The minimum atomic E-state index is -0.891. The molecule has 0 fully saturated rings. The number of fused-ring (bicyclic) bond motifs is 1. The lowest BCUT2D eigenvalue weighted by atomic mass is 9.98. The summed E-state index contributed by atoms with van der Waals surface area (Å²) in [6.07, 6.45) is 0. The number of aryl methyl sites for hydroxylation is 1. The van der Waals surface area contributed by atoms with Crippen LogP contribution in [0, 0.1) is 6.92 Å². The first-order valence-corrected chi connectivity index (χ1v) is 7.33. The standard InChI is InChI=1S/C19H16O4/c1-11-6-7-17-15(8-11)16(20)10-18(23-17)14-5-3-4-13(9-14)12(2)19(21)22/h3-10,12H,1-2H3,(H,21,22). The van der Waals surface area contributed by atoms with Gasteiger partial charge in [-0.05, 0) is 37.6 Å². The van der Waals surface area contributed by atoms with Gasteiger partial charge in [-0.1, -0.05) is 29.8 Å². The maximum atomic E-state index is 12.3. The number of rotatable bonds is 3. The van der Waals surface area contributed by atoms with Crippen LogP contribution in [0.15, 0.2) is 57.7 Å². The molecule has 0 radical (unpaired) electrons. The molecule has 1 heterocycles. The topological polar surface area (TPSA) is 67.5 Å². The molecule has 0 aliphatic carbocycles. The third-order valence-electron chi connectivity index (χ3n) is 3.92. The molecule has 0 spiro atoms. The van der Waals surface area contributed by atoms with E-state index in [9.17, 15) is 9.59 Å². The predicted molar refractivity (Wildman–Crippen MR) is 88.7 cm³/mol. The van der Waals surface area contributed by atoms with Gasteiger partial charge in [0, 0.05) is 11.6 Å². The Morgan fingerprint density at radius 2 is 1.91 bits per heavy atom. The van der Waals surface area contributed by atoms with Gasteiger partial charge in [-0.2, -0.15) is 0 Å². The molecule has 0 amide bonds. The molecule has 3 aromatic rings. The van der Waals surface area contributed by atoms with E-state index in [4.69, 9.17) is 9.52 Å². The summed E-state index contributed by atoms with van der Waals surface area (Å²) >= 11 is 0. The zero-order valence-corrected chi connectivity index (χ0v) is 12.9. The molecule has 0 aliphatic heterocycles. The quantitative estimate of drug-likeness (QED) is 0.795. The summed E-state index contributed by atoms with van der Waals surface area (Å²) in [6, 6.07) is 14.0. The van der Waals surface area contributed by atoms with Crippen LogP contribution in [0.25, 0.3) is 22.3 Å². The lowest BCUT2D eigenvalue weighted by Crippen LogP contribution is -2.07. The van der Waals surface area contributed by atoms with Gasteiger partial charge >= 0.3 is 5.97 Å². The van der Waals surface area contributed by atoms with Crippen molar-refractivity contribution in [3.63, 3.8) is 0 Å². The molecule has 4 heteroatoms. The molecule has 1 N–H and O–H groups in total. The van der Waals surface area contributed by atoms with Crippen LogP contribution in [0.3, 0.4) is 0 Å². The molecular weight excluding hydrogens is 292 g/mol. The van der Waals surface area contributed by atoms with Gasteiger partial charge in [-0.3, -0.25) is 9.59 Å². The van der Waals surface area contributed by atoms with E-state index in [-0.39, 0.29) is 5.43 Å². The number of hydrogen-bond acceptors (Lipinski definition) is 3. The van der Waals surface area contributed by atoms with Crippen LogP contribution in [0.2, 0.25) is 0 Å². The first-order chi connectivity index (χ1) is 11.0. The molecule has 1 atom stereocenters. The van der Waals surface area contributed by atoms with Gasteiger partial charge in [0.15, 0.2) is 5.43 Å². The lowest BCUT2D eigenvalue weighted by molar-refractivity contribution is -0.138. The van der Waals surface area contributed by atoms with Crippen molar-refractivity contribution in [2.75, 3.05) is 0 Å². The van der Waals surface area contributed by atoms with E-state index >= 15 is 0 Å². The van der Waals surface area contributed by atoms with E-state index in [2.05, 4.69) is 0 Å². The number of aliphatic carboxylic acids is 1. The van der Waals surface area contributed by atoms with Crippen molar-refractivity contribution in [2.45, 2.75) is 19.8 Å². The van der Waals surface area contributed by atoms with Gasteiger partial charge < -0.3 is 9.52 Å². The Kier molecular flexibility index (Phi) is 3.74. The third kappa shape index (κ3) is 2.88. The van der Waals surface area contributed by atoms with E-state index < -0.39 is 11.9 Å². The second-order valence-electron chi connectivity index (χ2n) is 5.66. The lowest BCUT2D eigenvalue weighted by Gasteiger charge is -2.09. The first kappa shape index (κ1) is 15.0. The summed E-state index contributed by atoms with van der Waals surface area (Å²) in [7, 11) is 0. The summed E-state index contributed by atoms with van der Waals surface area (Å²) in [5.41, 5.74) is 2.77. The molecule has 3 rings (SSSR count). The van der Waals surface area contributed by atoms with Crippen LogP contribution >= 0.6 is 0 Å². The highest BCUT2D eigenvalue weighted by molar-refractivity contribution is 5.80. The Bertz CT molecular complexity index is 953. The Hall–Kier alpha value is -2.88. The highest BCUT2D eigenvalue weighted by Crippen LogP contribution is 2.26. The summed E-state index contributed by atoms with van der Waals surface area (Å²) < 4.78 is 5.83. The van der Waals surface area contributed by atoms with Crippen molar-refractivity contribution in [3.05, 3.63) is 69.9 Å². The molecule has 0 bridgehead atoms. The summed E-state index contributed by atoms with van der Waals surface area (Å²) in [5, 5.41) is 9.68. The minimum absolute atomic E-state index is 0.110. The van der Waals surface area contributed by atoms with Crippen molar-refractivity contribution in [1.29, 1.82) is 0 Å². The van der Waals surface area contributed by atoms with Gasteiger partial charge in [0.25, 0.3) is 0 Å². The number of carbonyl (C=O) groups is 1. The average molecular weight is 308 g/mol. The molecule has 0 aliphatic rings. The van der Waals surface area contributed by atoms with E-state index in [1.807, 2.05) is 13.0 Å². The highest BCUT2D eigenvalue weighted by Gasteiger charge is 2.15. The number of carboxylic acid groups (broad SMARTS) is 1. The van der Waals surface area contributed by atoms with Crippen molar-refractivity contribution in [3.8, 4) is 11.3 Å². The predicted octanol–water partition coefficient (Wildman–Crippen LogP) is 3.96. The number of hydrogen-bond donors (Lipinski definition) is 1. The number of carboxylic acids is 1. The van der Waals surface area contributed by atoms with E-state index in [0.29, 0.717) is 27.9 Å². The zero-order valence-electron chi connectivity index (χ0n) is 12.9. The molecule has 23 heavy (non-hydrogen) atoms. The Morgan fingerprint density at radius 1 is 1.13 bits per heavy atom. The van der Waals surface area contributed by atoms with E-state index in [1.54, 1.807) is 43.3 Å². The van der Waals surface area contributed by atoms with Crippen LogP contribution in [0.1, 0.15) is 24.0 Å². The van der Waals surface area contributed by atoms with Gasteiger partial charge in [-0.25, -0.2) is 0 Å². The maximum Gasteiger partial charge on any atom is 0.310 e. The smallest absolute Gasteiger partial charge is 0.310 e. The Balaban J connectivity index is 2.14. The zero-order chi connectivity index (χ0) is 16.6. The van der Waals surface area contributed by atoms with Crippen molar-refractivity contribution in [2.24, 2.45) is 0 Å². The molecule has 1 aromatic heterocycles. The molecule has 1 unspecified atom stereocenters. The monoisotopic (exact) mass is 308 g/mol. The van der Waals surface area contributed by atoms with Crippen molar-refractivity contribution in [1.82, 2.24) is 0 Å². The first-order valence-electron chi connectivity index (χ1n) is 7.33.